The normalized spacial score (nSPS) is 10.8. The topological polar surface area (TPSA) is 24.9 Å². The van der Waals surface area contributed by atoms with E-state index in [1.54, 1.807) is 11.3 Å². The quantitative estimate of drug-likeness (QED) is 0.846. The van der Waals surface area contributed by atoms with Gasteiger partial charge in [-0.15, -0.1) is 0 Å². The van der Waals surface area contributed by atoms with Crippen molar-refractivity contribution in [3.63, 3.8) is 0 Å². The van der Waals surface area contributed by atoms with Crippen LogP contribution in [-0.2, 0) is 0 Å². The van der Waals surface area contributed by atoms with Gasteiger partial charge in [0.2, 0.25) is 0 Å². The second kappa shape index (κ2) is 5.05. The lowest BCUT2D eigenvalue weighted by Gasteiger charge is -1.98. The highest BCUT2D eigenvalue weighted by Gasteiger charge is 2.05. The van der Waals surface area contributed by atoms with E-state index in [0.717, 1.165) is 32.7 Å². The molecular formula is C10H11ClN2S2. The zero-order chi connectivity index (χ0) is 10.7. The minimum absolute atomic E-state index is 0.780. The van der Waals surface area contributed by atoms with Crippen molar-refractivity contribution in [1.82, 2.24) is 4.98 Å². The van der Waals surface area contributed by atoms with Gasteiger partial charge < -0.3 is 5.32 Å². The van der Waals surface area contributed by atoms with Crippen LogP contribution in [0.4, 0.5) is 5.13 Å². The molecule has 15 heavy (non-hydrogen) atoms. The Kier molecular flexibility index (Phi) is 3.72. The molecule has 0 bridgehead atoms. The smallest absolute Gasteiger partial charge is 0.183 e. The average Bonchev–Trinajstić information content (AvgIpc) is 2.63. The van der Waals surface area contributed by atoms with Gasteiger partial charge in [-0.1, -0.05) is 29.0 Å². The molecule has 2 nitrogen and oxygen atoms in total. The molecule has 0 spiro atoms. The molecule has 5 heteroatoms. The first kappa shape index (κ1) is 11.0. The van der Waals surface area contributed by atoms with Crippen LogP contribution in [0.2, 0.25) is 5.02 Å². The Hall–Kier alpha value is -0.450. The van der Waals surface area contributed by atoms with Gasteiger partial charge in [-0.2, -0.15) is 11.8 Å². The Balaban J connectivity index is 2.20. The molecule has 0 radical (unpaired) electrons. The largest absolute Gasteiger partial charge is 0.361 e. The molecule has 1 N–H and O–H groups in total. The first-order chi connectivity index (χ1) is 7.31. The summed E-state index contributed by atoms with van der Waals surface area (Å²) in [6, 6.07) is 5.81. The first-order valence-electron chi connectivity index (χ1n) is 4.59. The molecule has 2 aromatic rings. The Labute approximate surface area is 102 Å². The van der Waals surface area contributed by atoms with E-state index >= 15 is 0 Å². The lowest BCUT2D eigenvalue weighted by molar-refractivity contribution is 1.21. The third kappa shape index (κ3) is 2.56. The maximum absolute atomic E-state index is 6.07. The van der Waals surface area contributed by atoms with E-state index in [9.17, 15) is 0 Å². The van der Waals surface area contributed by atoms with Gasteiger partial charge in [-0.05, 0) is 18.4 Å². The van der Waals surface area contributed by atoms with Crippen LogP contribution in [0.25, 0.3) is 10.2 Å². The van der Waals surface area contributed by atoms with Crippen molar-refractivity contribution in [2.45, 2.75) is 0 Å². The Morgan fingerprint density at radius 1 is 1.53 bits per heavy atom. The summed E-state index contributed by atoms with van der Waals surface area (Å²) < 4.78 is 1.06. The standard InChI is InChI=1S/C10H11ClN2S2/c1-14-6-5-12-10-13-8-4-2-3-7(11)9(8)15-10/h2-4H,5-6H2,1H3,(H,12,13). The molecule has 0 atom stereocenters. The SMILES string of the molecule is CSCCNc1nc2cccc(Cl)c2s1. The highest BCUT2D eigenvalue weighted by atomic mass is 35.5. The summed E-state index contributed by atoms with van der Waals surface area (Å²) in [6.45, 7) is 0.943. The summed E-state index contributed by atoms with van der Waals surface area (Å²) in [5.74, 6) is 1.09. The highest BCUT2D eigenvalue weighted by Crippen LogP contribution is 2.31. The molecule has 1 aromatic carbocycles. The molecule has 0 aliphatic carbocycles. The van der Waals surface area contributed by atoms with Crippen molar-refractivity contribution < 1.29 is 0 Å². The van der Waals surface area contributed by atoms with E-state index in [4.69, 9.17) is 11.6 Å². The fraction of sp³-hybridized carbons (Fsp3) is 0.300. The molecule has 0 unspecified atom stereocenters. The molecule has 1 heterocycles. The number of nitrogens with zero attached hydrogens (tertiary/aromatic N) is 1. The lowest BCUT2D eigenvalue weighted by Crippen LogP contribution is -2.02. The molecule has 0 aliphatic rings. The first-order valence-corrected chi connectivity index (χ1v) is 7.18. The van der Waals surface area contributed by atoms with E-state index in [1.165, 1.54) is 0 Å². The van der Waals surface area contributed by atoms with Crippen molar-refractivity contribution in [3.8, 4) is 0 Å². The van der Waals surface area contributed by atoms with E-state index in [-0.39, 0.29) is 0 Å². The zero-order valence-corrected chi connectivity index (χ0v) is 10.7. The summed E-state index contributed by atoms with van der Waals surface area (Å²) in [5.41, 5.74) is 0.971. The van der Waals surface area contributed by atoms with E-state index < -0.39 is 0 Å². The van der Waals surface area contributed by atoms with Crippen molar-refractivity contribution in [2.24, 2.45) is 0 Å². The average molecular weight is 259 g/mol. The van der Waals surface area contributed by atoms with E-state index in [0.29, 0.717) is 0 Å². The van der Waals surface area contributed by atoms with Crippen molar-refractivity contribution in [3.05, 3.63) is 23.2 Å². The number of hydrogen-bond donors (Lipinski definition) is 1. The number of nitrogens with one attached hydrogen (secondary N) is 1. The van der Waals surface area contributed by atoms with Crippen LogP contribution in [0.15, 0.2) is 18.2 Å². The number of thiazole rings is 1. The number of aromatic nitrogens is 1. The van der Waals surface area contributed by atoms with Crippen LogP contribution in [0.5, 0.6) is 0 Å². The summed E-state index contributed by atoms with van der Waals surface area (Å²) in [5, 5.41) is 5.02. The molecular weight excluding hydrogens is 248 g/mol. The van der Waals surface area contributed by atoms with Gasteiger partial charge in [-0.25, -0.2) is 4.98 Å². The molecule has 0 fully saturated rings. The summed E-state index contributed by atoms with van der Waals surface area (Å²) in [4.78, 5) is 4.46. The third-order valence-electron chi connectivity index (χ3n) is 1.95. The number of rotatable bonds is 4. The van der Waals surface area contributed by atoms with Crippen LogP contribution in [0, 0.1) is 0 Å². The monoisotopic (exact) mass is 258 g/mol. The molecule has 0 saturated carbocycles. The van der Waals surface area contributed by atoms with Gasteiger partial charge >= 0.3 is 0 Å². The molecule has 2 rings (SSSR count). The number of thioether (sulfide) groups is 1. The number of fused-ring (bicyclic) bond motifs is 1. The molecule has 1 aromatic heterocycles. The molecule has 80 valence electrons. The number of halogens is 1. The van der Waals surface area contributed by atoms with Crippen molar-refractivity contribution >= 4 is 50.0 Å². The summed E-state index contributed by atoms with van der Waals surface area (Å²) in [7, 11) is 0. The van der Waals surface area contributed by atoms with Gasteiger partial charge in [0, 0.05) is 12.3 Å². The van der Waals surface area contributed by atoms with Crippen molar-refractivity contribution in [1.29, 1.82) is 0 Å². The predicted octanol–water partition coefficient (Wildman–Crippen LogP) is 3.72. The van der Waals surface area contributed by atoms with Gasteiger partial charge in [0.25, 0.3) is 0 Å². The van der Waals surface area contributed by atoms with E-state index in [1.807, 2.05) is 30.0 Å². The number of anilines is 1. The van der Waals surface area contributed by atoms with Gasteiger partial charge in [0.1, 0.15) is 0 Å². The number of hydrogen-bond acceptors (Lipinski definition) is 4. The van der Waals surface area contributed by atoms with Crippen molar-refractivity contribution in [2.75, 3.05) is 23.9 Å². The van der Waals surface area contributed by atoms with Crippen LogP contribution in [-0.4, -0.2) is 23.5 Å². The molecule has 0 saturated heterocycles. The Morgan fingerprint density at radius 2 is 2.40 bits per heavy atom. The van der Waals surface area contributed by atoms with E-state index in [2.05, 4.69) is 16.6 Å². The number of benzene rings is 1. The zero-order valence-electron chi connectivity index (χ0n) is 8.29. The minimum Gasteiger partial charge on any atom is -0.361 e. The van der Waals surface area contributed by atoms with Crippen LogP contribution in [0.1, 0.15) is 0 Å². The van der Waals surface area contributed by atoms with Crippen LogP contribution >= 0.6 is 34.7 Å². The highest BCUT2D eigenvalue weighted by molar-refractivity contribution is 7.98. The van der Waals surface area contributed by atoms with Crippen LogP contribution in [0.3, 0.4) is 0 Å². The summed E-state index contributed by atoms with van der Waals surface area (Å²) >= 11 is 9.50. The second-order valence-corrected chi connectivity index (χ2v) is 5.42. The predicted molar refractivity (Wildman–Crippen MR) is 71.5 cm³/mol. The lowest BCUT2D eigenvalue weighted by atomic mass is 10.3. The molecule has 0 amide bonds. The Bertz CT molecular complexity index is 456. The maximum atomic E-state index is 6.07. The van der Waals surface area contributed by atoms with Crippen LogP contribution < -0.4 is 5.32 Å². The third-order valence-corrected chi connectivity index (χ3v) is 4.05. The fourth-order valence-corrected chi connectivity index (χ4v) is 2.74. The van der Waals surface area contributed by atoms with Gasteiger partial charge in [0.05, 0.1) is 15.2 Å². The second-order valence-electron chi connectivity index (χ2n) is 3.03. The fourth-order valence-electron chi connectivity index (χ4n) is 1.25. The maximum Gasteiger partial charge on any atom is 0.183 e. The molecule has 0 aliphatic heterocycles. The summed E-state index contributed by atoms with van der Waals surface area (Å²) in [6.07, 6.45) is 2.09. The minimum atomic E-state index is 0.780. The van der Waals surface area contributed by atoms with Gasteiger partial charge in [0.15, 0.2) is 5.13 Å². The van der Waals surface area contributed by atoms with Gasteiger partial charge in [-0.3, -0.25) is 0 Å². The Morgan fingerprint density at radius 3 is 3.13 bits per heavy atom.